The molecule has 0 aromatic heterocycles. The maximum Gasteiger partial charge on any atom is 0.365 e. The molecule has 2 atom stereocenters. The quantitative estimate of drug-likeness (QED) is 0.623. The molecular weight excluding hydrogens is 312 g/mol. The third kappa shape index (κ3) is 4.54. The Morgan fingerprint density at radius 3 is 2.40 bits per heavy atom. The van der Waals surface area contributed by atoms with Gasteiger partial charge in [0.05, 0.1) is 11.3 Å². The molecule has 2 aromatic rings. The molecule has 2 aromatic carbocycles. The standard InChI is InChI=1S/C21H24N2O2/c1-16-14-23(15-18-9-5-3-6-10-18)17(2)13-20(16)22-25-21(24)19-11-7-4-8-12-19/h3-12,16-17H,13-15H2,1-2H3/b22-20-/t16-,17-/m0/s1. The second-order valence-electron chi connectivity index (χ2n) is 6.70. The summed E-state index contributed by atoms with van der Waals surface area (Å²) < 4.78 is 0. The predicted molar refractivity (Wildman–Crippen MR) is 99.4 cm³/mol. The van der Waals surface area contributed by atoms with Crippen LogP contribution in [-0.2, 0) is 11.4 Å². The van der Waals surface area contributed by atoms with E-state index >= 15 is 0 Å². The van der Waals surface area contributed by atoms with Gasteiger partial charge in [0.15, 0.2) is 0 Å². The topological polar surface area (TPSA) is 41.9 Å². The molecule has 1 saturated heterocycles. The number of rotatable bonds is 4. The highest BCUT2D eigenvalue weighted by Gasteiger charge is 2.28. The first-order valence-electron chi connectivity index (χ1n) is 8.74. The van der Waals surface area contributed by atoms with Crippen LogP contribution in [0.2, 0.25) is 0 Å². The average molecular weight is 336 g/mol. The van der Waals surface area contributed by atoms with E-state index in [1.807, 2.05) is 24.3 Å². The first-order chi connectivity index (χ1) is 12.1. The summed E-state index contributed by atoms with van der Waals surface area (Å²) in [5, 5.41) is 4.17. The van der Waals surface area contributed by atoms with Crippen molar-refractivity contribution in [1.82, 2.24) is 4.90 Å². The number of piperidine rings is 1. The van der Waals surface area contributed by atoms with Crippen molar-refractivity contribution in [2.24, 2.45) is 11.1 Å². The van der Waals surface area contributed by atoms with Crippen molar-refractivity contribution in [3.05, 3.63) is 71.8 Å². The number of hydrogen-bond donors (Lipinski definition) is 0. The molecule has 1 fully saturated rings. The zero-order chi connectivity index (χ0) is 17.6. The van der Waals surface area contributed by atoms with Gasteiger partial charge < -0.3 is 4.84 Å². The van der Waals surface area contributed by atoms with E-state index in [-0.39, 0.29) is 5.92 Å². The van der Waals surface area contributed by atoms with Crippen LogP contribution in [0.3, 0.4) is 0 Å². The molecule has 0 unspecified atom stereocenters. The summed E-state index contributed by atoms with van der Waals surface area (Å²) in [6, 6.07) is 19.8. The van der Waals surface area contributed by atoms with Crippen LogP contribution in [0.5, 0.6) is 0 Å². The Kier molecular flexibility index (Phi) is 5.61. The lowest BCUT2D eigenvalue weighted by atomic mass is 9.92. The molecule has 4 nitrogen and oxygen atoms in total. The van der Waals surface area contributed by atoms with Gasteiger partial charge in [0.25, 0.3) is 0 Å². The predicted octanol–water partition coefficient (Wildman–Crippen LogP) is 4.13. The van der Waals surface area contributed by atoms with Gasteiger partial charge in [0.1, 0.15) is 0 Å². The van der Waals surface area contributed by atoms with Crippen LogP contribution >= 0.6 is 0 Å². The van der Waals surface area contributed by atoms with Gasteiger partial charge in [-0.1, -0.05) is 60.6 Å². The number of hydrogen-bond acceptors (Lipinski definition) is 4. The Morgan fingerprint density at radius 2 is 1.72 bits per heavy atom. The van der Waals surface area contributed by atoms with Crippen molar-refractivity contribution in [2.45, 2.75) is 32.9 Å². The zero-order valence-corrected chi connectivity index (χ0v) is 14.8. The highest BCUT2D eigenvalue weighted by Crippen LogP contribution is 2.22. The summed E-state index contributed by atoms with van der Waals surface area (Å²) in [7, 11) is 0. The number of benzene rings is 2. The van der Waals surface area contributed by atoms with Gasteiger partial charge in [-0.3, -0.25) is 4.90 Å². The van der Waals surface area contributed by atoms with Gasteiger partial charge in [-0.2, -0.15) is 0 Å². The van der Waals surface area contributed by atoms with Crippen molar-refractivity contribution >= 4 is 11.7 Å². The minimum atomic E-state index is -0.403. The van der Waals surface area contributed by atoms with E-state index in [2.05, 4.69) is 48.2 Å². The van der Waals surface area contributed by atoms with Gasteiger partial charge in [0.2, 0.25) is 0 Å². The van der Waals surface area contributed by atoms with Crippen LogP contribution in [0.1, 0.15) is 36.2 Å². The van der Waals surface area contributed by atoms with E-state index in [1.165, 1.54) is 5.56 Å². The van der Waals surface area contributed by atoms with Crippen molar-refractivity contribution in [3.63, 3.8) is 0 Å². The Labute approximate surface area is 149 Å². The number of oxime groups is 1. The maximum absolute atomic E-state index is 12.0. The van der Waals surface area contributed by atoms with Crippen LogP contribution in [0, 0.1) is 5.92 Å². The average Bonchev–Trinajstić information content (AvgIpc) is 2.64. The monoisotopic (exact) mass is 336 g/mol. The summed E-state index contributed by atoms with van der Waals surface area (Å²) >= 11 is 0. The summed E-state index contributed by atoms with van der Waals surface area (Å²) in [5.41, 5.74) is 2.80. The lowest BCUT2D eigenvalue weighted by molar-refractivity contribution is 0.0506. The Hall–Kier alpha value is -2.46. The molecule has 0 aliphatic carbocycles. The normalized spacial score (nSPS) is 22.7. The third-order valence-corrected chi connectivity index (χ3v) is 4.69. The molecule has 1 aliphatic heterocycles. The largest absolute Gasteiger partial charge is 0.365 e. The highest BCUT2D eigenvalue weighted by atomic mass is 16.7. The molecule has 4 heteroatoms. The smallest absolute Gasteiger partial charge is 0.313 e. The SMILES string of the molecule is C[C@H]1CN(Cc2ccccc2)[C@@H](C)C/C1=N/OC(=O)c1ccccc1. The van der Waals surface area contributed by atoms with Crippen LogP contribution in [0.25, 0.3) is 0 Å². The van der Waals surface area contributed by atoms with Crippen LogP contribution < -0.4 is 0 Å². The maximum atomic E-state index is 12.0. The van der Waals surface area contributed by atoms with E-state index in [0.717, 1.165) is 25.2 Å². The number of likely N-dealkylation sites (tertiary alicyclic amines) is 1. The molecule has 0 bridgehead atoms. The molecule has 25 heavy (non-hydrogen) atoms. The second kappa shape index (κ2) is 8.08. The van der Waals surface area contributed by atoms with Crippen molar-refractivity contribution in [1.29, 1.82) is 0 Å². The number of nitrogens with zero attached hydrogens (tertiary/aromatic N) is 2. The van der Waals surface area contributed by atoms with Crippen molar-refractivity contribution < 1.29 is 9.63 Å². The van der Waals surface area contributed by atoms with E-state index in [4.69, 9.17) is 4.84 Å². The number of carbonyl (C=O) groups is 1. The minimum Gasteiger partial charge on any atom is -0.313 e. The first kappa shape index (κ1) is 17.4. The van der Waals surface area contributed by atoms with Gasteiger partial charge in [-0.25, -0.2) is 4.79 Å². The second-order valence-corrected chi connectivity index (χ2v) is 6.70. The van der Waals surface area contributed by atoms with Gasteiger partial charge in [0, 0.05) is 31.5 Å². The van der Waals surface area contributed by atoms with Crippen LogP contribution in [-0.4, -0.2) is 29.2 Å². The van der Waals surface area contributed by atoms with Gasteiger partial charge in [-0.15, -0.1) is 0 Å². The molecule has 0 radical (unpaired) electrons. The molecule has 3 rings (SSSR count). The molecule has 0 N–H and O–H groups in total. The summed E-state index contributed by atoms with van der Waals surface area (Å²) in [5.74, 6) is -0.136. The lowest BCUT2D eigenvalue weighted by Crippen LogP contribution is -2.45. The van der Waals surface area contributed by atoms with E-state index in [0.29, 0.717) is 11.6 Å². The van der Waals surface area contributed by atoms with Crippen LogP contribution in [0.4, 0.5) is 0 Å². The Balaban J connectivity index is 1.61. The van der Waals surface area contributed by atoms with Crippen molar-refractivity contribution in [3.8, 4) is 0 Å². The first-order valence-corrected chi connectivity index (χ1v) is 8.74. The fraction of sp³-hybridized carbons (Fsp3) is 0.333. The summed E-state index contributed by atoms with van der Waals surface area (Å²) in [6.45, 7) is 6.18. The fourth-order valence-electron chi connectivity index (χ4n) is 3.16. The van der Waals surface area contributed by atoms with Gasteiger partial charge in [-0.05, 0) is 24.6 Å². The molecule has 0 saturated carbocycles. The molecule has 0 amide bonds. The number of carbonyl (C=O) groups excluding carboxylic acids is 1. The summed E-state index contributed by atoms with van der Waals surface area (Å²) in [4.78, 5) is 19.7. The lowest BCUT2D eigenvalue weighted by Gasteiger charge is -2.37. The van der Waals surface area contributed by atoms with E-state index in [9.17, 15) is 4.79 Å². The fourth-order valence-corrected chi connectivity index (χ4v) is 3.16. The molecule has 1 heterocycles. The highest BCUT2D eigenvalue weighted by molar-refractivity contribution is 5.91. The van der Waals surface area contributed by atoms with E-state index in [1.54, 1.807) is 12.1 Å². The molecule has 130 valence electrons. The molecule has 1 aliphatic rings. The molecular formula is C21H24N2O2. The Morgan fingerprint density at radius 1 is 1.08 bits per heavy atom. The summed E-state index contributed by atoms with van der Waals surface area (Å²) in [6.07, 6.45) is 0.816. The third-order valence-electron chi connectivity index (χ3n) is 4.69. The van der Waals surface area contributed by atoms with E-state index < -0.39 is 5.97 Å². The van der Waals surface area contributed by atoms with Crippen LogP contribution in [0.15, 0.2) is 65.8 Å². The zero-order valence-electron chi connectivity index (χ0n) is 14.8. The van der Waals surface area contributed by atoms with Gasteiger partial charge >= 0.3 is 5.97 Å². The molecule has 0 spiro atoms. The Bertz CT molecular complexity index is 728. The minimum absolute atomic E-state index is 0.267. The van der Waals surface area contributed by atoms with Crippen molar-refractivity contribution in [2.75, 3.05) is 6.54 Å².